The lowest BCUT2D eigenvalue weighted by Crippen LogP contribution is -2.40. The third-order valence-electron chi connectivity index (χ3n) is 5.69. The summed E-state index contributed by atoms with van der Waals surface area (Å²) in [6.45, 7) is 2.08. The molecule has 5 rings (SSSR count). The minimum Gasteiger partial charge on any atom is -0.497 e. The number of anilines is 2. The van der Waals surface area contributed by atoms with Crippen LogP contribution in [-0.4, -0.2) is 19.1 Å². The summed E-state index contributed by atoms with van der Waals surface area (Å²) in [5.74, 6) is 0.804. The van der Waals surface area contributed by atoms with Gasteiger partial charge in [0.2, 0.25) is 5.72 Å². The average Bonchev–Trinajstić information content (AvgIpc) is 3.50. The molecule has 3 aromatic rings. The summed E-state index contributed by atoms with van der Waals surface area (Å²) in [7, 11) is 1.66. The van der Waals surface area contributed by atoms with Gasteiger partial charge in [0.1, 0.15) is 5.75 Å². The van der Waals surface area contributed by atoms with Gasteiger partial charge in [-0.3, -0.25) is 4.79 Å². The molecule has 146 valence electrons. The summed E-state index contributed by atoms with van der Waals surface area (Å²) in [6.07, 6.45) is 0.659. The maximum absolute atomic E-state index is 13.4. The molecule has 2 atom stereocenters. The van der Waals surface area contributed by atoms with E-state index in [0.29, 0.717) is 12.0 Å². The fourth-order valence-electron chi connectivity index (χ4n) is 4.23. The standard InChI is InChI=1S/C24H22N2O3/c1-17-16-24(19-12-14-20(28-2)15-13-19)26(29-24)22-11-7-6-10-21(22)25(17)23(27)18-8-4-3-5-9-18/h3-15,17H,16H2,1-2H3/t17-,24+,26?/m1/s1. The molecule has 0 bridgehead atoms. The predicted octanol–water partition coefficient (Wildman–Crippen LogP) is 4.74. The van der Waals surface area contributed by atoms with E-state index in [4.69, 9.17) is 9.57 Å². The molecule has 5 nitrogen and oxygen atoms in total. The predicted molar refractivity (Wildman–Crippen MR) is 112 cm³/mol. The van der Waals surface area contributed by atoms with Crippen molar-refractivity contribution >= 4 is 17.3 Å². The monoisotopic (exact) mass is 386 g/mol. The van der Waals surface area contributed by atoms with Crippen LogP contribution in [0.1, 0.15) is 29.3 Å². The van der Waals surface area contributed by atoms with Gasteiger partial charge >= 0.3 is 0 Å². The Kier molecular flexibility index (Phi) is 4.07. The number of hydrogen-bond donors (Lipinski definition) is 0. The van der Waals surface area contributed by atoms with Crippen LogP contribution in [0.4, 0.5) is 11.4 Å². The first-order valence-electron chi connectivity index (χ1n) is 9.75. The average molecular weight is 386 g/mol. The number of rotatable bonds is 3. The summed E-state index contributed by atoms with van der Waals surface area (Å²) in [5.41, 5.74) is 2.92. The quantitative estimate of drug-likeness (QED) is 0.610. The van der Waals surface area contributed by atoms with Crippen molar-refractivity contribution in [2.24, 2.45) is 0 Å². The first-order chi connectivity index (χ1) is 14.1. The molecular formula is C24H22N2O3. The van der Waals surface area contributed by atoms with Gasteiger partial charge in [-0.05, 0) is 43.3 Å². The Balaban J connectivity index is 1.58. The van der Waals surface area contributed by atoms with E-state index in [1.807, 2.05) is 88.8 Å². The van der Waals surface area contributed by atoms with Gasteiger partial charge in [0.25, 0.3) is 5.91 Å². The van der Waals surface area contributed by atoms with Crippen molar-refractivity contribution in [3.8, 4) is 5.75 Å². The Morgan fingerprint density at radius 2 is 1.62 bits per heavy atom. The lowest BCUT2D eigenvalue weighted by atomic mass is 9.97. The number of carbonyl (C=O) groups excluding carboxylic acids is 1. The summed E-state index contributed by atoms with van der Waals surface area (Å²) in [5, 5.41) is 1.93. The zero-order valence-electron chi connectivity index (χ0n) is 16.4. The number of para-hydroxylation sites is 2. The maximum atomic E-state index is 13.4. The summed E-state index contributed by atoms with van der Waals surface area (Å²) in [6, 6.07) is 25.2. The number of ether oxygens (including phenoxy) is 1. The molecule has 0 aliphatic carbocycles. The number of carbonyl (C=O) groups is 1. The fourth-order valence-corrected chi connectivity index (χ4v) is 4.23. The minimum absolute atomic E-state index is 0.00192. The Bertz CT molecular complexity index is 1050. The van der Waals surface area contributed by atoms with Crippen molar-refractivity contribution in [1.82, 2.24) is 0 Å². The highest BCUT2D eigenvalue weighted by Crippen LogP contribution is 2.56. The van der Waals surface area contributed by atoms with E-state index < -0.39 is 5.72 Å². The molecule has 5 heteroatoms. The fraction of sp³-hybridized carbons (Fsp3) is 0.208. The van der Waals surface area contributed by atoms with E-state index in [2.05, 4.69) is 6.92 Å². The Labute approximate surface area is 170 Å². The van der Waals surface area contributed by atoms with Gasteiger partial charge < -0.3 is 9.64 Å². The molecule has 2 aliphatic heterocycles. The van der Waals surface area contributed by atoms with Crippen LogP contribution in [0.2, 0.25) is 0 Å². The Hall–Kier alpha value is -3.31. The highest BCUT2D eigenvalue weighted by Gasteiger charge is 2.60. The van der Waals surface area contributed by atoms with Crippen LogP contribution in [0, 0.1) is 0 Å². The van der Waals surface area contributed by atoms with Gasteiger partial charge in [-0.1, -0.05) is 42.5 Å². The van der Waals surface area contributed by atoms with Crippen molar-refractivity contribution in [3.05, 3.63) is 90.0 Å². The van der Waals surface area contributed by atoms with Crippen LogP contribution >= 0.6 is 0 Å². The number of fused-ring (bicyclic) bond motifs is 3. The Morgan fingerprint density at radius 3 is 2.31 bits per heavy atom. The molecule has 0 unspecified atom stereocenters. The van der Waals surface area contributed by atoms with E-state index in [-0.39, 0.29) is 11.9 Å². The molecular weight excluding hydrogens is 364 g/mol. The van der Waals surface area contributed by atoms with Crippen molar-refractivity contribution < 1.29 is 14.4 Å². The molecule has 0 radical (unpaired) electrons. The second-order valence-corrected chi connectivity index (χ2v) is 7.48. The molecule has 3 aromatic carbocycles. The number of hydrogen-bond acceptors (Lipinski definition) is 4. The molecule has 0 N–H and O–H groups in total. The number of amides is 1. The zero-order valence-corrected chi connectivity index (χ0v) is 16.4. The van der Waals surface area contributed by atoms with Gasteiger partial charge in [-0.15, -0.1) is 0 Å². The smallest absolute Gasteiger partial charge is 0.258 e. The van der Waals surface area contributed by atoms with Crippen LogP contribution < -0.4 is 14.7 Å². The van der Waals surface area contributed by atoms with Crippen LogP contribution in [0.3, 0.4) is 0 Å². The molecule has 1 amide bonds. The molecule has 2 heterocycles. The summed E-state index contributed by atoms with van der Waals surface area (Å²) >= 11 is 0. The van der Waals surface area contributed by atoms with Crippen LogP contribution in [0.15, 0.2) is 78.9 Å². The highest BCUT2D eigenvalue weighted by atomic mass is 16.9. The molecule has 29 heavy (non-hydrogen) atoms. The van der Waals surface area contributed by atoms with Crippen LogP contribution in [0.5, 0.6) is 5.75 Å². The van der Waals surface area contributed by atoms with Crippen molar-refractivity contribution in [3.63, 3.8) is 0 Å². The zero-order chi connectivity index (χ0) is 20.0. The molecule has 0 spiro atoms. The topological polar surface area (TPSA) is 45.1 Å². The first-order valence-corrected chi connectivity index (χ1v) is 9.75. The van der Waals surface area contributed by atoms with Crippen molar-refractivity contribution in [2.45, 2.75) is 25.1 Å². The largest absolute Gasteiger partial charge is 0.497 e. The molecule has 0 saturated carbocycles. The van der Waals surface area contributed by atoms with Gasteiger partial charge in [0, 0.05) is 23.6 Å². The lowest BCUT2D eigenvalue weighted by Gasteiger charge is -2.29. The normalized spacial score (nSPS) is 22.3. The summed E-state index contributed by atoms with van der Waals surface area (Å²) in [4.78, 5) is 21.5. The van der Waals surface area contributed by atoms with Crippen molar-refractivity contribution in [1.29, 1.82) is 0 Å². The van der Waals surface area contributed by atoms with E-state index in [1.165, 1.54) is 0 Å². The van der Waals surface area contributed by atoms with Crippen LogP contribution in [0.25, 0.3) is 0 Å². The third-order valence-corrected chi connectivity index (χ3v) is 5.69. The second kappa shape index (κ2) is 6.64. The van der Waals surface area contributed by atoms with Gasteiger partial charge in [-0.25, -0.2) is 9.90 Å². The number of benzene rings is 3. The minimum atomic E-state index is -0.576. The molecule has 2 aliphatic rings. The van der Waals surface area contributed by atoms with Crippen molar-refractivity contribution in [2.75, 3.05) is 17.1 Å². The van der Waals surface area contributed by atoms with Gasteiger partial charge in [-0.2, -0.15) is 0 Å². The number of nitrogens with zero attached hydrogens (tertiary/aromatic N) is 2. The van der Waals surface area contributed by atoms with E-state index >= 15 is 0 Å². The SMILES string of the molecule is COc1ccc([C@@]23C[C@@H](C)N(C(=O)c4ccccc4)c4ccccc4N2O3)cc1. The molecule has 0 aromatic heterocycles. The summed E-state index contributed by atoms with van der Waals surface area (Å²) < 4.78 is 5.30. The van der Waals surface area contributed by atoms with E-state index in [9.17, 15) is 4.79 Å². The first kappa shape index (κ1) is 17.8. The lowest BCUT2D eigenvalue weighted by molar-refractivity contribution is 0.0973. The van der Waals surface area contributed by atoms with E-state index in [1.54, 1.807) is 7.11 Å². The van der Waals surface area contributed by atoms with Crippen LogP contribution in [-0.2, 0) is 10.6 Å². The maximum Gasteiger partial charge on any atom is 0.258 e. The van der Waals surface area contributed by atoms with E-state index in [0.717, 1.165) is 22.7 Å². The second-order valence-electron chi connectivity index (χ2n) is 7.48. The Morgan fingerprint density at radius 1 is 0.966 bits per heavy atom. The number of hydroxylamine groups is 1. The third kappa shape index (κ3) is 2.77. The van der Waals surface area contributed by atoms with Gasteiger partial charge in [0.15, 0.2) is 0 Å². The van der Waals surface area contributed by atoms with Gasteiger partial charge in [0.05, 0.1) is 18.5 Å². The number of methoxy groups -OCH3 is 1. The molecule has 1 saturated heterocycles. The molecule has 1 fully saturated rings. The highest BCUT2D eigenvalue weighted by molar-refractivity contribution is 6.08.